The molecular formula is C15H17N3O2. The number of hydrazine groups is 1. The van der Waals surface area contributed by atoms with Crippen molar-refractivity contribution in [1.82, 2.24) is 5.43 Å². The molecule has 20 heavy (non-hydrogen) atoms. The normalized spacial score (nSPS) is 10.1. The Balaban J connectivity index is 2.29. The molecule has 0 aliphatic rings. The van der Waals surface area contributed by atoms with E-state index in [-0.39, 0.29) is 5.91 Å². The average Bonchev–Trinajstić information content (AvgIpc) is 2.52. The first-order chi connectivity index (χ1) is 9.74. The number of benzene rings is 2. The maximum Gasteiger partial charge on any atom is 0.265 e. The van der Waals surface area contributed by atoms with Crippen LogP contribution in [-0.4, -0.2) is 19.7 Å². The summed E-state index contributed by atoms with van der Waals surface area (Å²) < 4.78 is 4.98. The topological polar surface area (TPSA) is 76.4 Å². The first-order valence-electron chi connectivity index (χ1n) is 6.19. The molecule has 0 heterocycles. The lowest BCUT2D eigenvalue weighted by atomic mass is 10.0. The standard InChI is InChI=1S/C15H17N3O2/c1-20-10-17-14-7-3-5-12(9-14)11-4-2-6-13(8-11)15(19)18-16/h2-9,17H,10,16H2,1H3,(H,18,19). The molecule has 0 radical (unpaired) electrons. The summed E-state index contributed by atoms with van der Waals surface area (Å²) in [6.45, 7) is 0.444. The van der Waals surface area contributed by atoms with Gasteiger partial charge in [0.05, 0.1) is 0 Å². The zero-order valence-electron chi connectivity index (χ0n) is 11.2. The van der Waals surface area contributed by atoms with Crippen molar-refractivity contribution in [3.05, 3.63) is 54.1 Å². The lowest BCUT2D eigenvalue weighted by molar-refractivity contribution is 0.0953. The molecule has 0 saturated heterocycles. The van der Waals surface area contributed by atoms with Crippen LogP contribution < -0.4 is 16.6 Å². The first kappa shape index (κ1) is 14.0. The summed E-state index contributed by atoms with van der Waals surface area (Å²) in [5, 5.41) is 3.13. The van der Waals surface area contributed by atoms with Crippen molar-refractivity contribution in [1.29, 1.82) is 0 Å². The molecule has 0 aliphatic carbocycles. The van der Waals surface area contributed by atoms with Crippen LogP contribution in [-0.2, 0) is 4.74 Å². The van der Waals surface area contributed by atoms with Crippen LogP contribution in [0.5, 0.6) is 0 Å². The molecule has 0 aromatic heterocycles. The van der Waals surface area contributed by atoms with E-state index in [1.807, 2.05) is 36.4 Å². The van der Waals surface area contributed by atoms with Gasteiger partial charge in [0.25, 0.3) is 5.91 Å². The Labute approximate surface area is 117 Å². The van der Waals surface area contributed by atoms with Crippen LogP contribution >= 0.6 is 0 Å². The summed E-state index contributed by atoms with van der Waals surface area (Å²) in [4.78, 5) is 11.5. The minimum Gasteiger partial charge on any atom is -0.365 e. The Morgan fingerprint density at radius 3 is 2.55 bits per heavy atom. The lowest BCUT2D eigenvalue weighted by Gasteiger charge is -2.08. The molecule has 0 unspecified atom stereocenters. The molecule has 2 aromatic carbocycles. The average molecular weight is 271 g/mol. The van der Waals surface area contributed by atoms with Crippen LogP contribution in [0.4, 0.5) is 5.69 Å². The van der Waals surface area contributed by atoms with E-state index in [1.165, 1.54) is 0 Å². The SMILES string of the molecule is COCNc1cccc(-c2cccc(C(=O)NN)c2)c1. The minimum absolute atomic E-state index is 0.305. The molecule has 0 aliphatic heterocycles. The van der Waals surface area contributed by atoms with Crippen LogP contribution in [0.2, 0.25) is 0 Å². The second-order valence-corrected chi connectivity index (χ2v) is 4.24. The number of anilines is 1. The first-order valence-corrected chi connectivity index (χ1v) is 6.19. The number of nitrogens with two attached hydrogens (primary N) is 1. The van der Waals surface area contributed by atoms with Crippen LogP contribution in [0, 0.1) is 0 Å². The van der Waals surface area contributed by atoms with Crippen molar-refractivity contribution in [2.75, 3.05) is 19.2 Å². The number of carbonyl (C=O) groups excluding carboxylic acids is 1. The van der Waals surface area contributed by atoms with Crippen LogP contribution in [0.25, 0.3) is 11.1 Å². The zero-order valence-corrected chi connectivity index (χ0v) is 11.2. The number of ether oxygens (including phenoxy) is 1. The Morgan fingerprint density at radius 2 is 1.85 bits per heavy atom. The van der Waals surface area contributed by atoms with Gasteiger partial charge < -0.3 is 10.1 Å². The Morgan fingerprint density at radius 1 is 1.15 bits per heavy atom. The smallest absolute Gasteiger partial charge is 0.265 e. The number of carbonyl (C=O) groups is 1. The Hall–Kier alpha value is -2.37. The molecule has 0 atom stereocenters. The van der Waals surface area contributed by atoms with Gasteiger partial charge in [-0.1, -0.05) is 24.3 Å². The van der Waals surface area contributed by atoms with Crippen molar-refractivity contribution in [2.45, 2.75) is 0 Å². The van der Waals surface area contributed by atoms with Gasteiger partial charge in [0.15, 0.2) is 0 Å². The van der Waals surface area contributed by atoms with Gasteiger partial charge in [-0.25, -0.2) is 5.84 Å². The van der Waals surface area contributed by atoms with Crippen LogP contribution in [0.1, 0.15) is 10.4 Å². The largest absolute Gasteiger partial charge is 0.365 e. The third-order valence-corrected chi connectivity index (χ3v) is 2.87. The molecule has 1 amide bonds. The summed E-state index contributed by atoms with van der Waals surface area (Å²) in [5.74, 6) is 4.84. The van der Waals surface area contributed by atoms with Crippen LogP contribution in [0.15, 0.2) is 48.5 Å². The highest BCUT2D eigenvalue weighted by Gasteiger charge is 2.05. The fourth-order valence-electron chi connectivity index (χ4n) is 1.89. The van der Waals surface area contributed by atoms with E-state index in [4.69, 9.17) is 10.6 Å². The van der Waals surface area contributed by atoms with E-state index >= 15 is 0 Å². The highest BCUT2D eigenvalue weighted by atomic mass is 16.5. The third-order valence-electron chi connectivity index (χ3n) is 2.87. The fraction of sp³-hybridized carbons (Fsp3) is 0.133. The van der Waals surface area contributed by atoms with E-state index < -0.39 is 0 Å². The van der Waals surface area contributed by atoms with Gasteiger partial charge in [-0.3, -0.25) is 10.2 Å². The van der Waals surface area contributed by atoms with Gasteiger partial charge in [-0.2, -0.15) is 0 Å². The van der Waals surface area contributed by atoms with Gasteiger partial charge in [-0.15, -0.1) is 0 Å². The quantitative estimate of drug-likeness (QED) is 0.336. The summed E-state index contributed by atoms with van der Waals surface area (Å²) in [5.41, 5.74) is 5.58. The molecule has 5 heteroatoms. The van der Waals surface area contributed by atoms with Crippen molar-refractivity contribution < 1.29 is 9.53 Å². The fourth-order valence-corrected chi connectivity index (χ4v) is 1.89. The van der Waals surface area contributed by atoms with Crippen molar-refractivity contribution in [3.63, 3.8) is 0 Å². The molecule has 104 valence electrons. The number of amides is 1. The van der Waals surface area contributed by atoms with E-state index in [0.29, 0.717) is 12.3 Å². The van der Waals surface area contributed by atoms with Gasteiger partial charge >= 0.3 is 0 Å². The van der Waals surface area contributed by atoms with Crippen molar-refractivity contribution in [2.24, 2.45) is 5.84 Å². The lowest BCUT2D eigenvalue weighted by Crippen LogP contribution is -2.29. The van der Waals surface area contributed by atoms with E-state index in [2.05, 4.69) is 10.7 Å². The number of methoxy groups -OCH3 is 1. The Bertz CT molecular complexity index is 599. The van der Waals surface area contributed by atoms with Gasteiger partial charge in [0, 0.05) is 18.4 Å². The predicted molar refractivity (Wildman–Crippen MR) is 79.0 cm³/mol. The molecule has 5 nitrogen and oxygen atoms in total. The summed E-state index contributed by atoms with van der Waals surface area (Å²) in [7, 11) is 1.63. The Kier molecular flexibility index (Phi) is 4.70. The number of rotatable bonds is 5. The van der Waals surface area contributed by atoms with Gasteiger partial charge in [0.1, 0.15) is 6.73 Å². The molecule has 4 N–H and O–H groups in total. The second-order valence-electron chi connectivity index (χ2n) is 4.24. The van der Waals surface area contributed by atoms with Gasteiger partial charge in [-0.05, 0) is 35.4 Å². The predicted octanol–water partition coefficient (Wildman–Crippen LogP) is 1.97. The number of hydrogen-bond acceptors (Lipinski definition) is 4. The van der Waals surface area contributed by atoms with E-state index in [9.17, 15) is 4.79 Å². The highest BCUT2D eigenvalue weighted by Crippen LogP contribution is 2.23. The second kappa shape index (κ2) is 6.70. The summed E-state index contributed by atoms with van der Waals surface area (Å²) in [6.07, 6.45) is 0. The van der Waals surface area contributed by atoms with Crippen LogP contribution in [0.3, 0.4) is 0 Å². The monoisotopic (exact) mass is 271 g/mol. The molecule has 0 fully saturated rings. The van der Waals surface area contributed by atoms with Crippen molar-refractivity contribution in [3.8, 4) is 11.1 Å². The number of hydrogen-bond donors (Lipinski definition) is 3. The van der Waals surface area contributed by atoms with E-state index in [0.717, 1.165) is 16.8 Å². The molecular weight excluding hydrogens is 254 g/mol. The molecule has 0 saturated carbocycles. The number of nitrogen functional groups attached to an aromatic ring is 1. The summed E-state index contributed by atoms with van der Waals surface area (Å²) >= 11 is 0. The minimum atomic E-state index is -0.305. The zero-order chi connectivity index (χ0) is 14.4. The molecule has 2 rings (SSSR count). The van der Waals surface area contributed by atoms with Gasteiger partial charge in [0.2, 0.25) is 0 Å². The molecule has 0 bridgehead atoms. The number of nitrogens with one attached hydrogen (secondary N) is 2. The maximum absolute atomic E-state index is 11.5. The molecule has 2 aromatic rings. The van der Waals surface area contributed by atoms with Crippen molar-refractivity contribution >= 4 is 11.6 Å². The molecule has 0 spiro atoms. The highest BCUT2D eigenvalue weighted by molar-refractivity contribution is 5.95. The maximum atomic E-state index is 11.5. The summed E-state index contributed by atoms with van der Waals surface area (Å²) in [6, 6.07) is 15.2. The van der Waals surface area contributed by atoms with E-state index in [1.54, 1.807) is 19.2 Å². The third kappa shape index (κ3) is 3.34.